The number of hydrogen-bond acceptors (Lipinski definition) is 4. The van der Waals surface area contributed by atoms with Gasteiger partial charge in [0.1, 0.15) is 18.0 Å². The van der Waals surface area contributed by atoms with E-state index in [-0.39, 0.29) is 36.8 Å². The third-order valence-corrected chi connectivity index (χ3v) is 4.20. The number of ether oxygens (including phenoxy) is 1. The van der Waals surface area contributed by atoms with Crippen LogP contribution in [0.2, 0.25) is 0 Å². The number of nitrogens with zero attached hydrogens (tertiary/aromatic N) is 3. The van der Waals surface area contributed by atoms with E-state index in [1.807, 2.05) is 54.0 Å². The molecule has 0 aliphatic rings. The van der Waals surface area contributed by atoms with Gasteiger partial charge in [-0.3, -0.25) is 4.79 Å². The third-order valence-electron chi connectivity index (χ3n) is 4.20. The lowest BCUT2D eigenvalue weighted by molar-refractivity contribution is 0.0748. The van der Waals surface area contributed by atoms with Gasteiger partial charge in [0.2, 0.25) is 0 Å². The highest BCUT2D eigenvalue weighted by Crippen LogP contribution is 2.17. The zero-order valence-electron chi connectivity index (χ0n) is 15.2. The average Bonchev–Trinajstić information content (AvgIpc) is 3.07. The summed E-state index contributed by atoms with van der Waals surface area (Å²) in [5.74, 6) is 0.563. The van der Waals surface area contributed by atoms with Crippen molar-refractivity contribution in [2.75, 3.05) is 13.6 Å². The van der Waals surface area contributed by atoms with Gasteiger partial charge < -0.3 is 19.8 Å². The number of pyridine rings is 1. The Kier molecular flexibility index (Phi) is 8.56. The number of nitrogens with two attached hydrogens (primary N) is 1. The number of hydrogen-bond donors (Lipinski definition) is 1. The first-order valence-corrected chi connectivity index (χ1v) is 8.21. The van der Waals surface area contributed by atoms with Gasteiger partial charge in [0.05, 0.1) is 5.69 Å². The Bertz CT molecular complexity index is 852. The second-order valence-corrected chi connectivity index (χ2v) is 6.02. The van der Waals surface area contributed by atoms with Gasteiger partial charge in [0, 0.05) is 37.6 Å². The van der Waals surface area contributed by atoms with Crippen LogP contribution in [0.1, 0.15) is 23.0 Å². The molecule has 0 spiro atoms. The quantitative estimate of drug-likeness (QED) is 0.676. The average molecular weight is 411 g/mol. The lowest BCUT2D eigenvalue weighted by atomic mass is 10.1. The van der Waals surface area contributed by atoms with Gasteiger partial charge in [-0.15, -0.1) is 24.8 Å². The summed E-state index contributed by atoms with van der Waals surface area (Å²) in [6.07, 6.45) is 3.88. The molecule has 0 fully saturated rings. The van der Waals surface area contributed by atoms with E-state index in [9.17, 15) is 4.79 Å². The van der Waals surface area contributed by atoms with Crippen LogP contribution >= 0.6 is 24.8 Å². The molecule has 27 heavy (non-hydrogen) atoms. The number of fused-ring (bicyclic) bond motifs is 1. The van der Waals surface area contributed by atoms with Gasteiger partial charge >= 0.3 is 0 Å². The molecular formula is C19H24Cl2N4O2. The Morgan fingerprint density at radius 2 is 2.04 bits per heavy atom. The summed E-state index contributed by atoms with van der Waals surface area (Å²) in [5.41, 5.74) is 7.92. The van der Waals surface area contributed by atoms with Crippen LogP contribution in [-0.2, 0) is 6.61 Å². The molecule has 2 heterocycles. The molecule has 146 valence electrons. The van der Waals surface area contributed by atoms with E-state index in [4.69, 9.17) is 10.5 Å². The van der Waals surface area contributed by atoms with Crippen molar-refractivity contribution in [2.24, 2.45) is 5.73 Å². The molecule has 2 aromatic heterocycles. The fourth-order valence-corrected chi connectivity index (χ4v) is 2.49. The minimum Gasteiger partial charge on any atom is -0.487 e. The lowest BCUT2D eigenvalue weighted by Gasteiger charge is -2.23. The molecule has 3 aromatic rings. The van der Waals surface area contributed by atoms with Crippen LogP contribution in [0.3, 0.4) is 0 Å². The second kappa shape index (κ2) is 10.2. The minimum absolute atomic E-state index is 0. The first kappa shape index (κ1) is 22.8. The summed E-state index contributed by atoms with van der Waals surface area (Å²) >= 11 is 0. The van der Waals surface area contributed by atoms with Gasteiger partial charge in [0.15, 0.2) is 0 Å². The highest BCUT2D eigenvalue weighted by atomic mass is 35.5. The fraction of sp³-hybridized carbons (Fsp3) is 0.263. The van der Waals surface area contributed by atoms with Gasteiger partial charge in [-0.05, 0) is 37.3 Å². The Morgan fingerprint density at radius 1 is 1.26 bits per heavy atom. The summed E-state index contributed by atoms with van der Waals surface area (Å²) in [4.78, 5) is 18.6. The Balaban J connectivity index is 0.00000182. The molecule has 6 nitrogen and oxygen atoms in total. The predicted octanol–water partition coefficient (Wildman–Crippen LogP) is 3.18. The molecule has 1 unspecified atom stereocenters. The molecule has 0 aliphatic heterocycles. The van der Waals surface area contributed by atoms with Gasteiger partial charge in [0.25, 0.3) is 5.91 Å². The zero-order chi connectivity index (χ0) is 17.8. The Labute approximate surface area is 171 Å². The van der Waals surface area contributed by atoms with Crippen LogP contribution in [0.4, 0.5) is 0 Å². The normalized spacial score (nSPS) is 11.2. The number of imidazole rings is 1. The highest BCUT2D eigenvalue weighted by molar-refractivity contribution is 5.94. The number of amides is 1. The van der Waals surface area contributed by atoms with Gasteiger partial charge in [-0.25, -0.2) is 4.98 Å². The van der Waals surface area contributed by atoms with Crippen LogP contribution in [-0.4, -0.2) is 39.8 Å². The number of carbonyl (C=O) groups is 1. The summed E-state index contributed by atoms with van der Waals surface area (Å²) < 4.78 is 7.75. The second-order valence-electron chi connectivity index (χ2n) is 6.02. The van der Waals surface area contributed by atoms with E-state index < -0.39 is 0 Å². The molecule has 0 aliphatic carbocycles. The monoisotopic (exact) mass is 410 g/mol. The molecule has 0 saturated carbocycles. The number of likely N-dealkylation sites (N-methyl/N-ethyl adjacent to an activating group) is 1. The third kappa shape index (κ3) is 5.35. The topological polar surface area (TPSA) is 72.9 Å². The van der Waals surface area contributed by atoms with Crippen LogP contribution in [0.5, 0.6) is 5.75 Å². The van der Waals surface area contributed by atoms with E-state index in [0.717, 1.165) is 11.3 Å². The number of carbonyl (C=O) groups excluding carboxylic acids is 1. The molecular weight excluding hydrogens is 387 g/mol. The van der Waals surface area contributed by atoms with Crippen molar-refractivity contribution in [3.05, 3.63) is 66.1 Å². The zero-order valence-corrected chi connectivity index (χ0v) is 16.9. The van der Waals surface area contributed by atoms with E-state index in [1.54, 1.807) is 24.1 Å². The van der Waals surface area contributed by atoms with E-state index in [0.29, 0.717) is 24.5 Å². The molecule has 3 rings (SSSR count). The number of benzene rings is 1. The predicted molar refractivity (Wildman–Crippen MR) is 111 cm³/mol. The first-order valence-electron chi connectivity index (χ1n) is 8.21. The maximum Gasteiger partial charge on any atom is 0.254 e. The number of halogens is 2. The maximum absolute atomic E-state index is 12.5. The molecule has 0 bridgehead atoms. The summed E-state index contributed by atoms with van der Waals surface area (Å²) in [7, 11) is 1.75. The fourth-order valence-electron chi connectivity index (χ4n) is 2.49. The van der Waals surface area contributed by atoms with Crippen molar-refractivity contribution >= 4 is 36.4 Å². The standard InChI is InChI=1S/C19H22N4O2.2ClH/c1-14(11-20)22(2)19(24)15-6-5-7-17(10-15)25-13-16-12-23-9-4-3-8-18(23)21-16;;/h3-10,12,14H,11,13,20H2,1-2H3;2*1H. The highest BCUT2D eigenvalue weighted by Gasteiger charge is 2.16. The summed E-state index contributed by atoms with van der Waals surface area (Å²) in [6.45, 7) is 2.68. The van der Waals surface area contributed by atoms with E-state index >= 15 is 0 Å². The molecule has 0 radical (unpaired) electrons. The molecule has 8 heteroatoms. The van der Waals surface area contributed by atoms with E-state index in [2.05, 4.69) is 4.98 Å². The van der Waals surface area contributed by atoms with Crippen LogP contribution in [0, 0.1) is 0 Å². The number of aromatic nitrogens is 2. The van der Waals surface area contributed by atoms with Gasteiger partial charge in [-0.1, -0.05) is 12.1 Å². The molecule has 1 aromatic carbocycles. The molecule has 1 amide bonds. The minimum atomic E-state index is -0.0730. The SMILES string of the molecule is CC(CN)N(C)C(=O)c1cccc(OCc2cn3ccccc3n2)c1.Cl.Cl. The van der Waals surface area contributed by atoms with Crippen LogP contribution in [0.15, 0.2) is 54.9 Å². The van der Waals surface area contributed by atoms with E-state index in [1.165, 1.54) is 0 Å². The van der Waals surface area contributed by atoms with Gasteiger partial charge in [-0.2, -0.15) is 0 Å². The lowest BCUT2D eigenvalue weighted by Crippen LogP contribution is -2.39. The van der Waals surface area contributed by atoms with Crippen molar-refractivity contribution in [2.45, 2.75) is 19.6 Å². The smallest absolute Gasteiger partial charge is 0.254 e. The Morgan fingerprint density at radius 3 is 2.74 bits per heavy atom. The van der Waals surface area contributed by atoms with Crippen molar-refractivity contribution in [1.29, 1.82) is 0 Å². The summed E-state index contributed by atoms with van der Waals surface area (Å²) in [5, 5.41) is 0. The van der Waals surface area contributed by atoms with Crippen molar-refractivity contribution in [3.63, 3.8) is 0 Å². The first-order chi connectivity index (χ1) is 12.1. The largest absolute Gasteiger partial charge is 0.487 e. The molecule has 1 atom stereocenters. The van der Waals surface area contributed by atoms with Crippen LogP contribution in [0.25, 0.3) is 5.65 Å². The van der Waals surface area contributed by atoms with Crippen molar-refractivity contribution in [1.82, 2.24) is 14.3 Å². The summed E-state index contributed by atoms with van der Waals surface area (Å²) in [6, 6.07) is 13.0. The molecule has 0 saturated heterocycles. The van der Waals surface area contributed by atoms with Crippen molar-refractivity contribution in [3.8, 4) is 5.75 Å². The molecule has 2 N–H and O–H groups in total. The Hall–Kier alpha value is -2.28. The maximum atomic E-state index is 12.5. The van der Waals surface area contributed by atoms with Crippen LogP contribution < -0.4 is 10.5 Å². The van der Waals surface area contributed by atoms with Crippen molar-refractivity contribution < 1.29 is 9.53 Å². The number of rotatable bonds is 6.